The van der Waals surface area contributed by atoms with E-state index in [0.717, 1.165) is 25.0 Å². The summed E-state index contributed by atoms with van der Waals surface area (Å²) in [6.45, 7) is 1.31. The van der Waals surface area contributed by atoms with Crippen LogP contribution in [0.25, 0.3) is 11.3 Å². The minimum Gasteiger partial charge on any atom is -0.392 e. The van der Waals surface area contributed by atoms with Crippen molar-refractivity contribution < 1.29 is 9.90 Å². The second-order valence-electron chi connectivity index (χ2n) is 9.38. The van der Waals surface area contributed by atoms with Crippen molar-refractivity contribution in [1.82, 2.24) is 14.5 Å². The minimum absolute atomic E-state index is 0.00740. The third-order valence-electron chi connectivity index (χ3n) is 8.02. The first-order chi connectivity index (χ1) is 14.1. The highest BCUT2D eigenvalue weighted by atomic mass is 16.3. The molecule has 1 N–H and O–H groups in total. The minimum atomic E-state index is -0.739. The predicted octanol–water partition coefficient (Wildman–Crippen LogP) is 2.75. The maximum Gasteiger partial charge on any atom is 0.243 e. The molecule has 2 aliphatic carbocycles. The lowest BCUT2D eigenvalue weighted by atomic mass is 9.53. The van der Waals surface area contributed by atoms with Gasteiger partial charge in [0, 0.05) is 30.0 Å². The molecule has 3 fully saturated rings. The Morgan fingerprint density at radius 1 is 1.21 bits per heavy atom. The Labute approximate surface area is 169 Å². The summed E-state index contributed by atoms with van der Waals surface area (Å²) in [7, 11) is 0. The van der Waals surface area contributed by atoms with Crippen LogP contribution in [0.3, 0.4) is 0 Å². The molecule has 0 unspecified atom stereocenters. The number of imidazole rings is 1. The molecule has 1 amide bonds. The zero-order chi connectivity index (χ0) is 19.8. The van der Waals surface area contributed by atoms with Crippen LogP contribution in [0.2, 0.25) is 0 Å². The summed E-state index contributed by atoms with van der Waals surface area (Å²) in [6.07, 6.45) is 7.42. The summed E-state index contributed by atoms with van der Waals surface area (Å²) in [5.74, 6) is 0.177. The second kappa shape index (κ2) is 5.70. The summed E-state index contributed by atoms with van der Waals surface area (Å²) in [5.41, 5.74) is 2.79. The summed E-state index contributed by atoms with van der Waals surface area (Å²) < 4.78 is 2.22. The first-order valence-electron chi connectivity index (χ1n) is 10.6. The molecule has 6 rings (SSSR count). The summed E-state index contributed by atoms with van der Waals surface area (Å²) >= 11 is 0. The smallest absolute Gasteiger partial charge is 0.243 e. The van der Waals surface area contributed by atoms with Crippen LogP contribution in [0.4, 0.5) is 0 Å². The topological polar surface area (TPSA) is 82.2 Å². The van der Waals surface area contributed by atoms with Gasteiger partial charge in [-0.15, -0.1) is 0 Å². The van der Waals surface area contributed by atoms with Gasteiger partial charge in [0.1, 0.15) is 5.41 Å². The average Bonchev–Trinajstić information content (AvgIpc) is 3.32. The largest absolute Gasteiger partial charge is 0.392 e. The average molecular weight is 388 g/mol. The third-order valence-corrected chi connectivity index (χ3v) is 8.02. The summed E-state index contributed by atoms with van der Waals surface area (Å²) in [6, 6.07) is 10.8. The maximum absolute atomic E-state index is 12.7. The number of hydrogen-bond donors (Lipinski definition) is 1. The highest BCUT2D eigenvalue weighted by molar-refractivity contribution is 5.88. The van der Waals surface area contributed by atoms with Gasteiger partial charge in [0.15, 0.2) is 0 Å². The number of piperidine rings is 1. The van der Waals surface area contributed by atoms with E-state index >= 15 is 0 Å². The molecule has 3 heterocycles. The number of aromatic nitrogens is 2. The lowest BCUT2D eigenvalue weighted by Crippen LogP contribution is -2.60. The van der Waals surface area contributed by atoms with E-state index in [0.29, 0.717) is 25.9 Å². The Kier molecular flexibility index (Phi) is 3.39. The monoisotopic (exact) mass is 388 g/mol. The molecule has 1 saturated heterocycles. The van der Waals surface area contributed by atoms with Crippen molar-refractivity contribution in [3.05, 3.63) is 42.4 Å². The number of likely N-dealkylation sites (tertiary alicyclic amines) is 1. The number of benzene rings is 1. The summed E-state index contributed by atoms with van der Waals surface area (Å²) in [5, 5.41) is 20.6. The predicted molar refractivity (Wildman–Crippen MR) is 105 cm³/mol. The van der Waals surface area contributed by atoms with E-state index in [1.807, 2.05) is 17.4 Å². The molecule has 1 aromatic heterocycles. The fraction of sp³-hybridized carbons (Fsp3) is 0.522. The van der Waals surface area contributed by atoms with Crippen LogP contribution in [0.5, 0.6) is 0 Å². The van der Waals surface area contributed by atoms with Crippen molar-refractivity contribution in [1.29, 1.82) is 5.26 Å². The number of amides is 1. The first-order valence-corrected chi connectivity index (χ1v) is 10.6. The first kappa shape index (κ1) is 17.2. The van der Waals surface area contributed by atoms with Crippen molar-refractivity contribution in [3.63, 3.8) is 0 Å². The maximum atomic E-state index is 12.7. The van der Waals surface area contributed by atoms with E-state index in [1.54, 1.807) is 0 Å². The van der Waals surface area contributed by atoms with Gasteiger partial charge in [-0.25, -0.2) is 4.98 Å². The van der Waals surface area contributed by atoms with Crippen molar-refractivity contribution >= 4 is 5.91 Å². The molecule has 1 spiro atoms. The second-order valence-corrected chi connectivity index (χ2v) is 9.38. The fourth-order valence-electron chi connectivity index (χ4n) is 6.05. The Morgan fingerprint density at radius 2 is 1.97 bits per heavy atom. The highest BCUT2D eigenvalue weighted by Crippen LogP contribution is 2.60. The Morgan fingerprint density at radius 3 is 2.66 bits per heavy atom. The highest BCUT2D eigenvalue weighted by Gasteiger charge is 2.59. The van der Waals surface area contributed by atoms with Gasteiger partial charge in [0.25, 0.3) is 0 Å². The molecule has 0 radical (unpaired) electrons. The zero-order valence-electron chi connectivity index (χ0n) is 16.3. The number of fused-ring (bicyclic) bond motifs is 3. The van der Waals surface area contributed by atoms with E-state index in [2.05, 4.69) is 39.9 Å². The molecule has 29 heavy (non-hydrogen) atoms. The van der Waals surface area contributed by atoms with Crippen LogP contribution >= 0.6 is 0 Å². The standard InChI is InChI=1S/C23H24N4O2/c24-13-23(5-6-23)21(29)26-9-7-22(8-10-26)11-17(20(22)28)19-16-4-2-1-3-15(16)18-12-25-14-27(18)19/h1-4,12,14,17,19-20,28H,5-11H2/t17-,19+,20+/m0/s1. The van der Waals surface area contributed by atoms with Gasteiger partial charge in [-0.2, -0.15) is 5.26 Å². The molecule has 1 aromatic carbocycles. The molecule has 2 saturated carbocycles. The number of carbonyl (C=O) groups excluding carboxylic acids is 1. The Balaban J connectivity index is 1.20. The summed E-state index contributed by atoms with van der Waals surface area (Å²) in [4.78, 5) is 18.9. The number of carbonyl (C=O) groups is 1. The number of nitriles is 1. The Hall–Kier alpha value is -2.65. The molecule has 0 bridgehead atoms. The van der Waals surface area contributed by atoms with Gasteiger partial charge in [-0.3, -0.25) is 4.79 Å². The molecule has 6 heteroatoms. The SMILES string of the molecule is N#CC1(C(=O)N2CCC3(CC2)C[C@@H]([C@H]2c4ccccc4-c4cncn42)[C@H]3O)CC1. The van der Waals surface area contributed by atoms with Gasteiger partial charge < -0.3 is 14.6 Å². The van der Waals surface area contributed by atoms with Crippen LogP contribution < -0.4 is 0 Å². The fourth-order valence-corrected chi connectivity index (χ4v) is 6.05. The van der Waals surface area contributed by atoms with E-state index in [-0.39, 0.29) is 29.4 Å². The molecule has 4 aliphatic rings. The van der Waals surface area contributed by atoms with Gasteiger partial charge in [-0.05, 0) is 37.7 Å². The van der Waals surface area contributed by atoms with Crippen LogP contribution in [-0.4, -0.2) is 44.7 Å². The zero-order valence-corrected chi connectivity index (χ0v) is 16.3. The van der Waals surface area contributed by atoms with Crippen LogP contribution in [0.1, 0.15) is 43.7 Å². The van der Waals surface area contributed by atoms with Gasteiger partial charge in [0.05, 0.1) is 36.4 Å². The molecule has 2 aliphatic heterocycles. The van der Waals surface area contributed by atoms with Crippen molar-refractivity contribution in [2.75, 3.05) is 13.1 Å². The van der Waals surface area contributed by atoms with E-state index in [9.17, 15) is 15.2 Å². The van der Waals surface area contributed by atoms with Crippen molar-refractivity contribution in [2.45, 2.75) is 44.2 Å². The normalized spacial score (nSPS) is 30.2. The molecular formula is C23H24N4O2. The van der Waals surface area contributed by atoms with E-state index in [1.165, 1.54) is 11.1 Å². The van der Waals surface area contributed by atoms with Gasteiger partial charge in [-0.1, -0.05) is 24.3 Å². The van der Waals surface area contributed by atoms with E-state index in [4.69, 9.17) is 0 Å². The quantitative estimate of drug-likeness (QED) is 0.858. The lowest BCUT2D eigenvalue weighted by Gasteiger charge is -2.58. The van der Waals surface area contributed by atoms with Crippen LogP contribution in [0.15, 0.2) is 36.8 Å². The number of aliphatic hydroxyl groups excluding tert-OH is 1. The number of nitrogens with zero attached hydrogens (tertiary/aromatic N) is 4. The molecule has 148 valence electrons. The van der Waals surface area contributed by atoms with Gasteiger partial charge >= 0.3 is 0 Å². The van der Waals surface area contributed by atoms with Gasteiger partial charge in [0.2, 0.25) is 5.91 Å². The third kappa shape index (κ3) is 2.20. The van der Waals surface area contributed by atoms with Crippen LogP contribution in [-0.2, 0) is 4.79 Å². The number of rotatable bonds is 2. The van der Waals surface area contributed by atoms with E-state index < -0.39 is 5.41 Å². The molecule has 6 nitrogen and oxygen atoms in total. The molecule has 3 atom stereocenters. The number of aliphatic hydroxyl groups is 1. The van der Waals surface area contributed by atoms with Crippen molar-refractivity contribution in [2.24, 2.45) is 16.7 Å². The molecule has 2 aromatic rings. The number of hydrogen-bond acceptors (Lipinski definition) is 4. The molecular weight excluding hydrogens is 364 g/mol. The van der Waals surface area contributed by atoms with Crippen LogP contribution in [0, 0.1) is 28.1 Å². The van der Waals surface area contributed by atoms with Crippen molar-refractivity contribution in [3.8, 4) is 17.3 Å². The Bertz CT molecular complexity index is 1040. The lowest BCUT2D eigenvalue weighted by molar-refractivity contribution is -0.165.